The largest absolute Gasteiger partial charge is 0.396 e. The number of aliphatic hydroxyl groups is 1. The molecule has 0 fully saturated rings. The third kappa shape index (κ3) is 3.62. The molecule has 0 saturated heterocycles. The molecule has 0 aliphatic carbocycles. The van der Waals surface area contributed by atoms with Crippen molar-refractivity contribution in [3.8, 4) is 10.6 Å². The lowest BCUT2D eigenvalue weighted by Gasteiger charge is -2.14. The maximum Gasteiger partial charge on any atom is 0.124 e. The third-order valence-electron chi connectivity index (χ3n) is 2.86. The first-order valence-electron chi connectivity index (χ1n) is 6.15. The summed E-state index contributed by atoms with van der Waals surface area (Å²) in [7, 11) is 0. The highest BCUT2D eigenvalue weighted by Gasteiger charge is 2.08. The van der Waals surface area contributed by atoms with Crippen LogP contribution in [0.1, 0.15) is 24.6 Å². The number of aromatic nitrogens is 1. The lowest BCUT2D eigenvalue weighted by molar-refractivity contribution is 0.262. The minimum atomic E-state index is 0.244. The molecule has 0 aliphatic rings. The monoisotopic (exact) mass is 282 g/mol. The molecule has 0 saturated carbocycles. The van der Waals surface area contributed by atoms with Crippen LogP contribution in [0.5, 0.6) is 0 Å². The molecular formula is C13H18N2OS2. The van der Waals surface area contributed by atoms with Gasteiger partial charge in [-0.25, -0.2) is 4.98 Å². The summed E-state index contributed by atoms with van der Waals surface area (Å²) >= 11 is 3.43. The highest BCUT2D eigenvalue weighted by Crippen LogP contribution is 2.26. The van der Waals surface area contributed by atoms with E-state index in [2.05, 4.69) is 34.1 Å². The first-order chi connectivity index (χ1) is 8.83. The molecule has 0 amide bonds. The summed E-state index contributed by atoms with van der Waals surface area (Å²) in [6.45, 7) is 3.21. The van der Waals surface area contributed by atoms with E-state index in [1.807, 2.05) is 6.20 Å². The van der Waals surface area contributed by atoms with Crippen molar-refractivity contribution in [1.29, 1.82) is 0 Å². The van der Waals surface area contributed by atoms with Crippen molar-refractivity contribution in [2.75, 3.05) is 6.61 Å². The van der Waals surface area contributed by atoms with E-state index in [0.29, 0.717) is 6.04 Å². The van der Waals surface area contributed by atoms with Gasteiger partial charge in [-0.2, -0.15) is 11.3 Å². The standard InChI is InChI=1S/C13H18N2OS2/c1-2-11(3-5-16)14-7-12-8-15-13(18-12)10-4-6-17-9-10/h4,6,8-9,11,14,16H,2-3,5,7H2,1H3. The van der Waals surface area contributed by atoms with Crippen molar-refractivity contribution < 1.29 is 5.11 Å². The van der Waals surface area contributed by atoms with Crippen LogP contribution in [0.3, 0.4) is 0 Å². The molecule has 1 unspecified atom stereocenters. The zero-order valence-corrected chi connectivity index (χ0v) is 12.1. The van der Waals surface area contributed by atoms with E-state index in [9.17, 15) is 0 Å². The Labute approximate surface area is 116 Å². The Morgan fingerprint density at radius 3 is 3.06 bits per heavy atom. The topological polar surface area (TPSA) is 45.1 Å². The average molecular weight is 282 g/mol. The number of thiazole rings is 1. The van der Waals surface area contributed by atoms with Crippen LogP contribution in [0, 0.1) is 0 Å². The molecule has 0 aliphatic heterocycles. The van der Waals surface area contributed by atoms with Crippen LogP contribution in [-0.4, -0.2) is 22.7 Å². The molecule has 1 atom stereocenters. The van der Waals surface area contributed by atoms with E-state index in [1.54, 1.807) is 22.7 Å². The zero-order chi connectivity index (χ0) is 12.8. The van der Waals surface area contributed by atoms with Gasteiger partial charge in [0.15, 0.2) is 0 Å². The predicted molar refractivity (Wildman–Crippen MR) is 78.0 cm³/mol. The van der Waals surface area contributed by atoms with Gasteiger partial charge >= 0.3 is 0 Å². The molecule has 98 valence electrons. The highest BCUT2D eigenvalue weighted by molar-refractivity contribution is 7.15. The van der Waals surface area contributed by atoms with Gasteiger partial charge < -0.3 is 10.4 Å². The Morgan fingerprint density at radius 2 is 2.39 bits per heavy atom. The molecule has 2 aromatic rings. The van der Waals surface area contributed by atoms with E-state index < -0.39 is 0 Å². The smallest absolute Gasteiger partial charge is 0.124 e. The molecule has 0 aromatic carbocycles. The molecule has 0 spiro atoms. The molecule has 2 rings (SSSR count). The fourth-order valence-corrected chi connectivity index (χ4v) is 3.33. The predicted octanol–water partition coefficient (Wildman–Crippen LogP) is 3.12. The molecule has 0 radical (unpaired) electrons. The lowest BCUT2D eigenvalue weighted by Crippen LogP contribution is -2.28. The Balaban J connectivity index is 1.91. The Kier molecular flexibility index (Phi) is 5.31. The van der Waals surface area contributed by atoms with Gasteiger partial charge in [-0.15, -0.1) is 11.3 Å². The van der Waals surface area contributed by atoms with Crippen LogP contribution in [0.15, 0.2) is 23.0 Å². The van der Waals surface area contributed by atoms with Crippen LogP contribution < -0.4 is 5.32 Å². The Bertz CT molecular complexity index is 453. The number of rotatable bonds is 7. The van der Waals surface area contributed by atoms with Crippen molar-refractivity contribution in [3.63, 3.8) is 0 Å². The van der Waals surface area contributed by atoms with Crippen LogP contribution in [0.2, 0.25) is 0 Å². The van der Waals surface area contributed by atoms with E-state index in [0.717, 1.165) is 24.4 Å². The maximum absolute atomic E-state index is 8.95. The molecule has 2 aromatic heterocycles. The number of thiophene rings is 1. The van der Waals surface area contributed by atoms with E-state index in [4.69, 9.17) is 5.11 Å². The average Bonchev–Trinajstić information content (AvgIpc) is 3.04. The first-order valence-corrected chi connectivity index (χ1v) is 7.91. The number of nitrogens with zero attached hydrogens (tertiary/aromatic N) is 1. The van der Waals surface area contributed by atoms with Gasteiger partial charge in [0.2, 0.25) is 0 Å². The summed E-state index contributed by atoms with van der Waals surface area (Å²) in [6, 6.07) is 2.49. The van der Waals surface area contributed by atoms with Gasteiger partial charge in [0.1, 0.15) is 5.01 Å². The van der Waals surface area contributed by atoms with Crippen molar-refractivity contribution >= 4 is 22.7 Å². The number of aliphatic hydroxyl groups excluding tert-OH is 1. The van der Waals surface area contributed by atoms with E-state index in [1.165, 1.54) is 10.4 Å². The summed E-state index contributed by atoms with van der Waals surface area (Å²) in [4.78, 5) is 5.69. The van der Waals surface area contributed by atoms with Crippen molar-refractivity contribution in [2.24, 2.45) is 0 Å². The van der Waals surface area contributed by atoms with Gasteiger partial charge in [0, 0.05) is 41.2 Å². The SMILES string of the molecule is CCC(CCO)NCc1cnc(-c2ccsc2)s1. The summed E-state index contributed by atoms with van der Waals surface area (Å²) in [6.07, 6.45) is 3.79. The summed E-state index contributed by atoms with van der Waals surface area (Å²) < 4.78 is 0. The number of nitrogens with one attached hydrogen (secondary N) is 1. The summed E-state index contributed by atoms with van der Waals surface area (Å²) in [5.74, 6) is 0. The van der Waals surface area contributed by atoms with Crippen LogP contribution >= 0.6 is 22.7 Å². The van der Waals surface area contributed by atoms with Gasteiger partial charge in [0.25, 0.3) is 0 Å². The van der Waals surface area contributed by atoms with Crippen LogP contribution in [-0.2, 0) is 6.54 Å². The fourth-order valence-electron chi connectivity index (χ4n) is 1.76. The van der Waals surface area contributed by atoms with Gasteiger partial charge in [0.05, 0.1) is 0 Å². The first kappa shape index (κ1) is 13.7. The number of hydrogen-bond acceptors (Lipinski definition) is 5. The second-order valence-corrected chi connectivity index (χ2v) is 6.04. The van der Waals surface area contributed by atoms with Crippen molar-refractivity contribution in [2.45, 2.75) is 32.4 Å². The minimum Gasteiger partial charge on any atom is -0.396 e. The van der Waals surface area contributed by atoms with Crippen LogP contribution in [0.25, 0.3) is 10.6 Å². The zero-order valence-electron chi connectivity index (χ0n) is 10.4. The number of hydrogen-bond donors (Lipinski definition) is 2. The Hall–Kier alpha value is -0.750. The minimum absolute atomic E-state index is 0.244. The maximum atomic E-state index is 8.95. The summed E-state index contributed by atoms with van der Waals surface area (Å²) in [5.41, 5.74) is 1.21. The molecule has 2 N–H and O–H groups in total. The normalized spacial score (nSPS) is 12.8. The van der Waals surface area contributed by atoms with Gasteiger partial charge in [-0.05, 0) is 24.3 Å². The molecule has 2 heterocycles. The van der Waals surface area contributed by atoms with E-state index >= 15 is 0 Å². The second kappa shape index (κ2) is 6.99. The van der Waals surface area contributed by atoms with E-state index in [-0.39, 0.29) is 6.61 Å². The van der Waals surface area contributed by atoms with Crippen LogP contribution in [0.4, 0.5) is 0 Å². The van der Waals surface area contributed by atoms with Crippen molar-refractivity contribution in [1.82, 2.24) is 10.3 Å². The van der Waals surface area contributed by atoms with Gasteiger partial charge in [-0.1, -0.05) is 6.92 Å². The second-order valence-electron chi connectivity index (χ2n) is 4.14. The fraction of sp³-hybridized carbons (Fsp3) is 0.462. The third-order valence-corrected chi connectivity index (χ3v) is 4.59. The molecule has 18 heavy (non-hydrogen) atoms. The summed E-state index contributed by atoms with van der Waals surface area (Å²) in [5, 5.41) is 17.7. The molecule has 3 nitrogen and oxygen atoms in total. The highest BCUT2D eigenvalue weighted by atomic mass is 32.1. The lowest BCUT2D eigenvalue weighted by atomic mass is 10.1. The van der Waals surface area contributed by atoms with Gasteiger partial charge in [-0.3, -0.25) is 0 Å². The van der Waals surface area contributed by atoms with Crippen molar-refractivity contribution in [3.05, 3.63) is 27.9 Å². The molecule has 0 bridgehead atoms. The quantitative estimate of drug-likeness (QED) is 0.820. The Morgan fingerprint density at radius 1 is 1.50 bits per heavy atom. The molecular weight excluding hydrogens is 264 g/mol. The molecule has 5 heteroatoms.